The van der Waals surface area contributed by atoms with Crippen LogP contribution >= 0.6 is 0 Å². The molecule has 2 heterocycles. The Morgan fingerprint density at radius 2 is 2.10 bits per heavy atom. The number of methoxy groups -OCH3 is 1. The summed E-state index contributed by atoms with van der Waals surface area (Å²) in [5.74, 6) is 2.22. The van der Waals surface area contributed by atoms with E-state index in [1.807, 2.05) is 12.1 Å². The molecule has 2 aliphatic rings. The molecule has 0 aromatic heterocycles. The molecule has 3 rings (SSSR count). The minimum Gasteiger partial charge on any atom is -0.493 e. The minimum absolute atomic E-state index is 0.345. The molecule has 1 aromatic carbocycles. The zero-order valence-electron chi connectivity index (χ0n) is 12.5. The van der Waals surface area contributed by atoms with Crippen LogP contribution in [0.2, 0.25) is 0 Å². The van der Waals surface area contributed by atoms with Crippen molar-refractivity contribution in [2.24, 2.45) is 0 Å². The lowest BCUT2D eigenvalue weighted by atomic mass is 10.1. The molecule has 0 aliphatic carbocycles. The highest BCUT2D eigenvalue weighted by atomic mass is 16.6. The van der Waals surface area contributed by atoms with Gasteiger partial charge in [-0.3, -0.25) is 0 Å². The Balaban J connectivity index is 1.59. The van der Waals surface area contributed by atoms with Crippen LogP contribution in [0.25, 0.3) is 0 Å². The molecule has 0 saturated carbocycles. The Bertz CT molecular complexity index is 454. The van der Waals surface area contributed by atoms with Gasteiger partial charge in [0.1, 0.15) is 13.2 Å². The summed E-state index contributed by atoms with van der Waals surface area (Å²) < 4.78 is 22.4. The van der Waals surface area contributed by atoms with E-state index in [2.05, 4.69) is 5.32 Å². The lowest BCUT2D eigenvalue weighted by Crippen LogP contribution is -2.31. The quantitative estimate of drug-likeness (QED) is 0.901. The molecule has 0 amide bonds. The Morgan fingerprint density at radius 3 is 2.90 bits per heavy atom. The minimum atomic E-state index is 0.345. The molecule has 1 fully saturated rings. The van der Waals surface area contributed by atoms with Gasteiger partial charge in [-0.25, -0.2) is 0 Å². The van der Waals surface area contributed by atoms with Crippen molar-refractivity contribution in [1.29, 1.82) is 0 Å². The maximum atomic E-state index is 5.72. The summed E-state index contributed by atoms with van der Waals surface area (Å²) >= 11 is 0. The molecule has 5 nitrogen and oxygen atoms in total. The van der Waals surface area contributed by atoms with Crippen LogP contribution in [0, 0.1) is 0 Å². The maximum absolute atomic E-state index is 5.72. The molecule has 0 radical (unpaired) electrons. The molecule has 0 bridgehead atoms. The van der Waals surface area contributed by atoms with Crippen LogP contribution in [-0.4, -0.2) is 39.6 Å². The predicted octanol–water partition coefficient (Wildman–Crippen LogP) is 2.13. The average Bonchev–Trinajstić information content (AvgIpc) is 2.55. The van der Waals surface area contributed by atoms with Crippen molar-refractivity contribution in [2.45, 2.75) is 31.9 Å². The van der Waals surface area contributed by atoms with Crippen LogP contribution in [0.3, 0.4) is 0 Å². The van der Waals surface area contributed by atoms with Crippen LogP contribution in [0.5, 0.6) is 17.2 Å². The average molecular weight is 293 g/mol. The fourth-order valence-corrected chi connectivity index (χ4v) is 2.78. The molecule has 1 atom stereocenters. The zero-order valence-corrected chi connectivity index (χ0v) is 12.5. The van der Waals surface area contributed by atoms with Crippen molar-refractivity contribution in [3.63, 3.8) is 0 Å². The van der Waals surface area contributed by atoms with Gasteiger partial charge >= 0.3 is 0 Å². The van der Waals surface area contributed by atoms with Crippen LogP contribution < -0.4 is 19.5 Å². The monoisotopic (exact) mass is 293 g/mol. The molecule has 1 unspecified atom stereocenters. The van der Waals surface area contributed by atoms with E-state index < -0.39 is 0 Å². The summed E-state index contributed by atoms with van der Waals surface area (Å²) in [4.78, 5) is 0. The molecule has 21 heavy (non-hydrogen) atoms. The first kappa shape index (κ1) is 14.5. The first-order chi connectivity index (χ1) is 10.4. The summed E-state index contributed by atoms with van der Waals surface area (Å²) in [6, 6.07) is 4.02. The van der Waals surface area contributed by atoms with E-state index in [1.54, 1.807) is 7.11 Å². The van der Waals surface area contributed by atoms with Gasteiger partial charge in [-0.2, -0.15) is 0 Å². The Kier molecular flexibility index (Phi) is 4.83. The van der Waals surface area contributed by atoms with Gasteiger partial charge in [0.15, 0.2) is 11.5 Å². The molecule has 1 N–H and O–H groups in total. The fraction of sp³-hybridized carbons (Fsp3) is 0.625. The third kappa shape index (κ3) is 3.60. The summed E-state index contributed by atoms with van der Waals surface area (Å²) in [5.41, 5.74) is 1.13. The predicted molar refractivity (Wildman–Crippen MR) is 79.3 cm³/mol. The van der Waals surface area contributed by atoms with Crippen molar-refractivity contribution >= 4 is 0 Å². The summed E-state index contributed by atoms with van der Waals surface area (Å²) in [6.45, 7) is 3.71. The van der Waals surface area contributed by atoms with Crippen LogP contribution in [0.4, 0.5) is 0 Å². The van der Waals surface area contributed by atoms with Crippen molar-refractivity contribution in [1.82, 2.24) is 5.32 Å². The van der Waals surface area contributed by atoms with Crippen LogP contribution in [-0.2, 0) is 11.3 Å². The van der Waals surface area contributed by atoms with Crippen LogP contribution in [0.1, 0.15) is 24.8 Å². The van der Waals surface area contributed by atoms with Gasteiger partial charge in [-0.1, -0.05) is 0 Å². The largest absolute Gasteiger partial charge is 0.493 e. The van der Waals surface area contributed by atoms with Gasteiger partial charge in [0, 0.05) is 19.7 Å². The smallest absolute Gasteiger partial charge is 0.203 e. The van der Waals surface area contributed by atoms with Crippen LogP contribution in [0.15, 0.2) is 12.1 Å². The van der Waals surface area contributed by atoms with E-state index in [0.717, 1.165) is 43.2 Å². The second-order valence-electron chi connectivity index (χ2n) is 5.44. The Labute approximate surface area is 125 Å². The van der Waals surface area contributed by atoms with Crippen molar-refractivity contribution < 1.29 is 18.9 Å². The fourth-order valence-electron chi connectivity index (χ4n) is 2.78. The van der Waals surface area contributed by atoms with Crippen molar-refractivity contribution in [3.8, 4) is 17.2 Å². The number of fused-ring (bicyclic) bond motifs is 1. The number of nitrogens with one attached hydrogen (secondary N) is 1. The molecular weight excluding hydrogens is 270 g/mol. The third-order valence-electron chi connectivity index (χ3n) is 3.86. The highest BCUT2D eigenvalue weighted by Crippen LogP contribution is 2.40. The van der Waals surface area contributed by atoms with E-state index in [4.69, 9.17) is 18.9 Å². The molecule has 5 heteroatoms. The summed E-state index contributed by atoms with van der Waals surface area (Å²) in [6.07, 6.45) is 3.95. The molecular formula is C16H23NO4. The van der Waals surface area contributed by atoms with E-state index in [9.17, 15) is 0 Å². The second kappa shape index (κ2) is 7.00. The number of benzene rings is 1. The SMILES string of the molecule is COc1cc(CNCC2CCCCO2)cc2c1OCCO2. The van der Waals surface area contributed by atoms with Gasteiger partial charge in [0.25, 0.3) is 0 Å². The zero-order chi connectivity index (χ0) is 14.5. The molecule has 116 valence electrons. The molecule has 1 aromatic rings. The van der Waals surface area contributed by atoms with Gasteiger partial charge in [0.2, 0.25) is 5.75 Å². The first-order valence-corrected chi connectivity index (χ1v) is 7.65. The van der Waals surface area contributed by atoms with E-state index >= 15 is 0 Å². The number of hydrogen-bond acceptors (Lipinski definition) is 5. The number of rotatable bonds is 5. The highest BCUT2D eigenvalue weighted by Gasteiger charge is 2.18. The Hall–Kier alpha value is -1.46. The molecule has 2 aliphatic heterocycles. The van der Waals surface area contributed by atoms with Crippen molar-refractivity contribution in [2.75, 3.05) is 33.5 Å². The standard InChI is InChI=1S/C16H23NO4/c1-18-14-8-12(9-15-16(14)21-7-6-20-15)10-17-11-13-4-2-3-5-19-13/h8-9,13,17H,2-7,10-11H2,1H3. The highest BCUT2D eigenvalue weighted by molar-refractivity contribution is 5.54. The Morgan fingerprint density at radius 1 is 1.19 bits per heavy atom. The van der Waals surface area contributed by atoms with Gasteiger partial charge in [-0.15, -0.1) is 0 Å². The van der Waals surface area contributed by atoms with Crippen molar-refractivity contribution in [3.05, 3.63) is 17.7 Å². The van der Waals surface area contributed by atoms with E-state index in [0.29, 0.717) is 25.1 Å². The van der Waals surface area contributed by atoms with E-state index in [-0.39, 0.29) is 0 Å². The maximum Gasteiger partial charge on any atom is 0.203 e. The van der Waals surface area contributed by atoms with Gasteiger partial charge in [0.05, 0.1) is 13.2 Å². The van der Waals surface area contributed by atoms with Gasteiger partial charge in [-0.05, 0) is 37.0 Å². The third-order valence-corrected chi connectivity index (χ3v) is 3.86. The first-order valence-electron chi connectivity index (χ1n) is 7.65. The van der Waals surface area contributed by atoms with E-state index in [1.165, 1.54) is 12.8 Å². The number of ether oxygens (including phenoxy) is 4. The lowest BCUT2D eigenvalue weighted by molar-refractivity contribution is 0.0168. The topological polar surface area (TPSA) is 49.0 Å². The summed E-state index contributed by atoms with van der Waals surface area (Å²) in [7, 11) is 1.65. The molecule has 0 spiro atoms. The summed E-state index contributed by atoms with van der Waals surface area (Å²) in [5, 5.41) is 3.45. The second-order valence-corrected chi connectivity index (χ2v) is 5.44. The number of hydrogen-bond donors (Lipinski definition) is 1. The van der Waals surface area contributed by atoms with Gasteiger partial charge < -0.3 is 24.3 Å². The lowest BCUT2D eigenvalue weighted by Gasteiger charge is -2.23. The molecule has 1 saturated heterocycles. The normalized spacial score (nSPS) is 21.1.